The van der Waals surface area contributed by atoms with Crippen LogP contribution in [0.2, 0.25) is 0 Å². The van der Waals surface area contributed by atoms with Gasteiger partial charge in [0.15, 0.2) is 0 Å². The number of pyridine rings is 1. The zero-order valence-corrected chi connectivity index (χ0v) is 38.2. The Hall–Kier alpha value is -5.56. The second-order valence-corrected chi connectivity index (χ2v) is 19.8. The summed E-state index contributed by atoms with van der Waals surface area (Å²) in [6, 6.07) is 4.95. The molecule has 2 aromatic heterocycles. The maximum atomic E-state index is 15.0. The molecule has 64 heavy (non-hydrogen) atoms. The molecule has 342 valence electrons. The monoisotopic (exact) mass is 926 g/mol. The lowest BCUT2D eigenvalue weighted by molar-refractivity contribution is -0.140. The van der Waals surface area contributed by atoms with E-state index in [2.05, 4.69) is 15.4 Å². The SMILES string of the molecule is C/C=C1/C[C@]1(NC(=O)[C@@H]1C[C@@H](Oc2cc(-c3nc(C(C)C)cs3)nc3c(C)c(OC)ccc23)CN1C(=O)[C@@H](Nc1ccc(F)c(C(F)(F)F)c1)C(C)=C(C)C)C(=O)NS(=O)(=O)C1CC1. The molecule has 3 N–H and O–H groups in total. The third kappa shape index (κ3) is 9.18. The highest BCUT2D eigenvalue weighted by molar-refractivity contribution is 7.91. The molecule has 2 saturated carbocycles. The normalized spacial score (nSPS) is 20.9. The quantitative estimate of drug-likeness (QED) is 0.0834. The Balaban J connectivity index is 1.28. The van der Waals surface area contributed by atoms with E-state index in [0.29, 0.717) is 74.8 Å². The van der Waals surface area contributed by atoms with Crippen LogP contribution in [0.1, 0.15) is 90.0 Å². The summed E-state index contributed by atoms with van der Waals surface area (Å²) >= 11 is 1.42. The third-order valence-electron chi connectivity index (χ3n) is 12.0. The van der Waals surface area contributed by atoms with Gasteiger partial charge >= 0.3 is 6.18 Å². The molecule has 3 fully saturated rings. The molecule has 0 unspecified atom stereocenters. The molecule has 0 radical (unpaired) electrons. The lowest BCUT2D eigenvalue weighted by Gasteiger charge is -2.31. The first-order valence-corrected chi connectivity index (χ1v) is 23.2. The van der Waals surface area contributed by atoms with Gasteiger partial charge in [-0.2, -0.15) is 13.2 Å². The minimum absolute atomic E-state index is 0.0267. The Kier molecular flexibility index (Phi) is 12.7. The molecule has 0 spiro atoms. The first-order chi connectivity index (χ1) is 30.1. The predicted molar refractivity (Wildman–Crippen MR) is 235 cm³/mol. The Bertz CT molecular complexity index is 2710. The number of hydrogen-bond acceptors (Lipinski definition) is 11. The largest absolute Gasteiger partial charge is 0.496 e. The van der Waals surface area contributed by atoms with Crippen LogP contribution in [0.4, 0.5) is 23.2 Å². The van der Waals surface area contributed by atoms with Crippen molar-refractivity contribution < 1.29 is 49.8 Å². The molecule has 1 aliphatic heterocycles. The number of nitrogens with one attached hydrogen (secondary N) is 3. The molecule has 13 nitrogen and oxygen atoms in total. The number of allylic oxidation sites excluding steroid dienone is 2. The van der Waals surface area contributed by atoms with Crippen LogP contribution in [0, 0.1) is 12.7 Å². The summed E-state index contributed by atoms with van der Waals surface area (Å²) in [7, 11) is -2.45. The fraction of sp³-hybridized carbons (Fsp3) is 0.444. The Morgan fingerprint density at radius 2 is 1.77 bits per heavy atom. The lowest BCUT2D eigenvalue weighted by Crippen LogP contribution is -2.57. The van der Waals surface area contributed by atoms with Crippen LogP contribution in [-0.4, -0.2) is 83.6 Å². The molecule has 7 rings (SSSR count). The molecule has 19 heteroatoms. The van der Waals surface area contributed by atoms with Gasteiger partial charge in [-0.05, 0) is 94.9 Å². The van der Waals surface area contributed by atoms with Gasteiger partial charge in [-0.3, -0.25) is 19.1 Å². The number of aryl methyl sites for hydroxylation is 1. The molecule has 3 heterocycles. The number of carbonyl (C=O) groups is 3. The molecule has 3 amide bonds. The smallest absolute Gasteiger partial charge is 0.419 e. The number of halogens is 4. The standard InChI is InChI=1S/C45H50F4N6O7S2/c1-9-26-19-44(26,43(58)54-64(59,60)29-11-12-29)53-40(56)35-17-28(20-55(35)42(57)39(24(6)22(2)3)50-27-10-14-32(46)31(16-27)45(47,48)49)62-37-18-33(41-52-34(21-63-41)23(4)5)51-38-25(7)36(61-8)15-13-30(37)38/h9-10,13-16,18,21,23,28-29,35,39,50H,11-12,17,19-20H2,1-8H3,(H,53,56)(H,54,58)/b26-9-/t28-,35+,39+,44-/m1/s1. The van der Waals surface area contributed by atoms with Crippen molar-refractivity contribution in [2.45, 2.75) is 115 Å². The molecule has 0 bridgehead atoms. The predicted octanol–water partition coefficient (Wildman–Crippen LogP) is 7.96. The molecule has 4 atom stereocenters. The molecular weight excluding hydrogens is 877 g/mol. The zero-order chi connectivity index (χ0) is 46.6. The van der Waals surface area contributed by atoms with E-state index in [1.807, 2.05) is 26.2 Å². The number of nitrogens with zero attached hydrogens (tertiary/aromatic N) is 3. The summed E-state index contributed by atoms with van der Waals surface area (Å²) in [6.45, 7) is 12.4. The summed E-state index contributed by atoms with van der Waals surface area (Å²) in [4.78, 5) is 54.3. The number of alkyl halides is 3. The van der Waals surface area contributed by atoms with Crippen molar-refractivity contribution >= 4 is 55.7 Å². The number of aromatic nitrogens is 2. The highest BCUT2D eigenvalue weighted by atomic mass is 32.2. The van der Waals surface area contributed by atoms with Crippen LogP contribution in [0.25, 0.3) is 21.6 Å². The molecule has 1 saturated heterocycles. The second kappa shape index (κ2) is 17.4. The first-order valence-electron chi connectivity index (χ1n) is 20.8. The summed E-state index contributed by atoms with van der Waals surface area (Å²) in [5.41, 5.74) is 0.781. The number of hydrogen-bond donors (Lipinski definition) is 3. The topological polar surface area (TPSA) is 169 Å². The van der Waals surface area contributed by atoms with Crippen molar-refractivity contribution in [3.63, 3.8) is 0 Å². The maximum absolute atomic E-state index is 15.0. The van der Waals surface area contributed by atoms with E-state index in [1.165, 1.54) is 16.2 Å². The minimum Gasteiger partial charge on any atom is -0.496 e. The van der Waals surface area contributed by atoms with Crippen molar-refractivity contribution in [3.8, 4) is 22.2 Å². The summed E-state index contributed by atoms with van der Waals surface area (Å²) < 4.78 is 96.1. The van der Waals surface area contributed by atoms with Gasteiger partial charge in [0.1, 0.15) is 51.7 Å². The Morgan fingerprint density at radius 1 is 1.05 bits per heavy atom. The minimum atomic E-state index is -5.03. The fourth-order valence-corrected chi connectivity index (χ4v) is 10.1. The van der Waals surface area contributed by atoms with Gasteiger partial charge in [0.2, 0.25) is 21.8 Å². The second-order valence-electron chi connectivity index (χ2n) is 17.0. The first kappa shape index (κ1) is 46.4. The van der Waals surface area contributed by atoms with E-state index >= 15 is 0 Å². The van der Waals surface area contributed by atoms with Crippen LogP contribution in [-0.2, 0) is 30.6 Å². The van der Waals surface area contributed by atoms with E-state index in [1.54, 1.807) is 59.1 Å². The van der Waals surface area contributed by atoms with Crippen LogP contribution >= 0.6 is 11.3 Å². The third-order valence-corrected chi connectivity index (χ3v) is 14.7. The van der Waals surface area contributed by atoms with Crippen molar-refractivity contribution in [1.82, 2.24) is 24.9 Å². The van der Waals surface area contributed by atoms with Gasteiger partial charge < -0.3 is 25.0 Å². The lowest BCUT2D eigenvalue weighted by atomic mass is 10.0. The summed E-state index contributed by atoms with van der Waals surface area (Å²) in [5.74, 6) is -2.81. The van der Waals surface area contributed by atoms with Crippen LogP contribution in [0.5, 0.6) is 11.5 Å². The van der Waals surface area contributed by atoms with Gasteiger partial charge in [-0.15, -0.1) is 11.3 Å². The number of rotatable bonds is 14. The number of sulfonamides is 1. The average molecular weight is 927 g/mol. The number of benzene rings is 2. The Morgan fingerprint density at radius 3 is 2.36 bits per heavy atom. The molecule has 4 aromatic rings. The molecular formula is C45H50F4N6O7S2. The molecule has 2 aliphatic carbocycles. The van der Waals surface area contributed by atoms with E-state index < -0.39 is 74.3 Å². The summed E-state index contributed by atoms with van der Waals surface area (Å²) in [5, 5.41) is 8.10. The van der Waals surface area contributed by atoms with E-state index in [4.69, 9.17) is 19.4 Å². The fourth-order valence-electron chi connectivity index (χ4n) is 7.81. The van der Waals surface area contributed by atoms with E-state index in [9.17, 15) is 40.4 Å². The van der Waals surface area contributed by atoms with Crippen molar-refractivity contribution in [2.75, 3.05) is 19.0 Å². The number of carbonyl (C=O) groups excluding carboxylic acids is 3. The Labute approximate surface area is 372 Å². The van der Waals surface area contributed by atoms with E-state index in [-0.39, 0.29) is 31.0 Å². The van der Waals surface area contributed by atoms with Crippen molar-refractivity contribution in [2.24, 2.45) is 0 Å². The van der Waals surface area contributed by atoms with Gasteiger partial charge in [-0.25, -0.2) is 22.8 Å². The van der Waals surface area contributed by atoms with Gasteiger partial charge in [0.05, 0.1) is 35.7 Å². The number of amides is 3. The van der Waals surface area contributed by atoms with Gasteiger partial charge in [0, 0.05) is 40.9 Å². The average Bonchev–Trinajstić information content (AvgIpc) is 4.12. The van der Waals surface area contributed by atoms with Crippen LogP contribution in [0.15, 0.2) is 64.6 Å². The number of fused-ring (bicyclic) bond motifs is 1. The highest BCUT2D eigenvalue weighted by Crippen LogP contribution is 2.45. The molecule has 2 aromatic carbocycles. The number of thiazole rings is 1. The highest BCUT2D eigenvalue weighted by Gasteiger charge is 2.59. The molecule has 3 aliphatic rings. The van der Waals surface area contributed by atoms with Gasteiger partial charge in [-0.1, -0.05) is 25.5 Å². The van der Waals surface area contributed by atoms with E-state index in [0.717, 1.165) is 17.3 Å². The van der Waals surface area contributed by atoms with Crippen LogP contribution in [0.3, 0.4) is 0 Å². The number of anilines is 1. The van der Waals surface area contributed by atoms with Crippen LogP contribution < -0.4 is 24.8 Å². The summed E-state index contributed by atoms with van der Waals surface area (Å²) in [6.07, 6.45) is -3.57. The number of likely N-dealkylation sites (tertiary alicyclic amines) is 1. The van der Waals surface area contributed by atoms with Crippen molar-refractivity contribution in [3.05, 3.63) is 87.2 Å². The number of methoxy groups -OCH3 is 1. The zero-order valence-electron chi connectivity index (χ0n) is 36.6. The maximum Gasteiger partial charge on any atom is 0.419 e. The van der Waals surface area contributed by atoms with Crippen molar-refractivity contribution in [1.29, 1.82) is 0 Å². The van der Waals surface area contributed by atoms with Gasteiger partial charge in [0.25, 0.3) is 5.91 Å². The number of ether oxygens (including phenoxy) is 2.